The molecule has 0 amide bonds. The molecule has 0 heterocycles. The van der Waals surface area contributed by atoms with Gasteiger partial charge in [0.25, 0.3) is 0 Å². The number of allylic oxidation sites excluding steroid dienone is 8. The zero-order chi connectivity index (χ0) is 46.1. The first-order chi connectivity index (χ1) is 32.6. The second-order valence-corrected chi connectivity index (χ2v) is 16.5. The van der Waals surface area contributed by atoms with Gasteiger partial charge in [-0.15, -0.1) is 0 Å². The summed E-state index contributed by atoms with van der Waals surface area (Å²) >= 11 is 0. The van der Waals surface area contributed by atoms with Gasteiger partial charge in [0.1, 0.15) is 0 Å². The van der Waals surface area contributed by atoms with Crippen molar-refractivity contribution in [2.24, 2.45) is 0 Å². The van der Waals surface area contributed by atoms with Gasteiger partial charge in [-0.2, -0.15) is 13.2 Å². The summed E-state index contributed by atoms with van der Waals surface area (Å²) < 4.78 is 41.2. The lowest BCUT2D eigenvalue weighted by molar-refractivity contribution is -0.137. The molecule has 0 saturated heterocycles. The Morgan fingerprint density at radius 1 is 0.299 bits per heavy atom. The third-order valence-corrected chi connectivity index (χ3v) is 12.2. The molecule has 0 N–H and O–H groups in total. The Morgan fingerprint density at radius 2 is 0.537 bits per heavy atom. The van der Waals surface area contributed by atoms with E-state index in [1.165, 1.54) is 12.1 Å². The van der Waals surface area contributed by atoms with E-state index >= 15 is 0 Å². The second kappa shape index (κ2) is 17.8. The van der Waals surface area contributed by atoms with Crippen molar-refractivity contribution in [1.82, 2.24) is 0 Å². The zero-order valence-corrected chi connectivity index (χ0v) is 36.2. The van der Waals surface area contributed by atoms with Crippen LogP contribution in [0.2, 0.25) is 0 Å². The summed E-state index contributed by atoms with van der Waals surface area (Å²) in [6, 6.07) is 67.2. The summed E-state index contributed by atoms with van der Waals surface area (Å²) in [4.78, 5) is 29.4. The van der Waals surface area contributed by atoms with Crippen LogP contribution in [-0.4, -0.2) is 11.6 Å². The molecule has 0 spiro atoms. The van der Waals surface area contributed by atoms with E-state index in [9.17, 15) is 22.8 Å². The number of carbonyl (C=O) groups is 2. The molecule has 0 unspecified atom stereocenters. The van der Waals surface area contributed by atoms with Crippen molar-refractivity contribution in [3.05, 3.63) is 285 Å². The largest absolute Gasteiger partial charge is 0.416 e. The Balaban J connectivity index is 1.03. The zero-order valence-electron chi connectivity index (χ0n) is 36.2. The van der Waals surface area contributed by atoms with E-state index in [1.54, 1.807) is 0 Å². The summed E-state index contributed by atoms with van der Waals surface area (Å²) in [6.45, 7) is 2.05. The van der Waals surface area contributed by atoms with Gasteiger partial charge >= 0.3 is 6.18 Å². The molecular weight excluding hydrogens is 834 g/mol. The molecule has 320 valence electrons. The van der Waals surface area contributed by atoms with Gasteiger partial charge in [-0.1, -0.05) is 199 Å². The van der Waals surface area contributed by atoms with Crippen molar-refractivity contribution in [2.45, 2.75) is 13.1 Å². The van der Waals surface area contributed by atoms with Crippen molar-refractivity contribution in [3.63, 3.8) is 0 Å². The third kappa shape index (κ3) is 8.22. The molecule has 2 aliphatic rings. The average molecular weight is 873 g/mol. The fourth-order valence-corrected chi connectivity index (χ4v) is 9.01. The maximum absolute atomic E-state index is 14.7. The van der Waals surface area contributed by atoms with Gasteiger partial charge in [-0.25, -0.2) is 0 Å². The highest BCUT2D eigenvalue weighted by atomic mass is 19.4. The molecule has 10 rings (SSSR count). The van der Waals surface area contributed by atoms with Crippen LogP contribution in [0.15, 0.2) is 218 Å². The quantitative estimate of drug-likeness (QED) is 0.143. The Morgan fingerprint density at radius 3 is 0.806 bits per heavy atom. The lowest BCUT2D eigenvalue weighted by Gasteiger charge is -2.15. The number of alkyl halides is 3. The van der Waals surface area contributed by atoms with Gasteiger partial charge in [0, 0.05) is 55.7 Å². The van der Waals surface area contributed by atoms with Gasteiger partial charge in [-0.05, 0) is 87.8 Å². The van der Waals surface area contributed by atoms with Crippen LogP contribution in [0.3, 0.4) is 0 Å². The number of halogens is 3. The number of hydrogen-bond donors (Lipinski definition) is 0. The summed E-state index contributed by atoms with van der Waals surface area (Å²) in [5.74, 6) is 6.38. The van der Waals surface area contributed by atoms with Crippen molar-refractivity contribution >= 4 is 56.2 Å². The number of carbonyl (C=O) groups excluding carboxylic acids is 2. The van der Waals surface area contributed by atoms with E-state index in [-0.39, 0.29) is 11.6 Å². The minimum absolute atomic E-state index is 0.0258. The van der Waals surface area contributed by atoms with E-state index in [0.717, 1.165) is 67.8 Å². The highest BCUT2D eigenvalue weighted by Crippen LogP contribution is 2.51. The van der Waals surface area contributed by atoms with Gasteiger partial charge in [0.15, 0.2) is 11.6 Å². The number of hydrogen-bond acceptors (Lipinski definition) is 2. The van der Waals surface area contributed by atoms with E-state index < -0.39 is 11.7 Å². The van der Waals surface area contributed by atoms with Gasteiger partial charge < -0.3 is 0 Å². The molecule has 0 bridgehead atoms. The molecule has 2 aliphatic carbocycles. The van der Waals surface area contributed by atoms with E-state index in [0.29, 0.717) is 50.1 Å². The third-order valence-electron chi connectivity index (χ3n) is 12.2. The number of Topliss-reactive ketones (excluding diaryl/α,β-unsaturated/α-hetero) is 2. The van der Waals surface area contributed by atoms with Crippen LogP contribution in [-0.2, 0) is 15.8 Å². The van der Waals surface area contributed by atoms with Gasteiger partial charge in [0.05, 0.1) is 5.56 Å². The standard InChI is InChI=1S/C62H39F3O2/c1-40-22-30-47(31-23-40)52-53(57(44-16-8-3-9-17-44)60(66)56(52)43-14-6-2-7-15-43)48-32-26-41(27-33-48)24-25-42-28-34-49(35-29-42)54-55(50-36-38-51(39-37-50)62(63,64)65)59(46-20-12-5-13-21-46)61(67)58(54)45-18-10-4-11-19-45/h2-23,26-39H,1H3. The monoisotopic (exact) mass is 872 g/mol. The van der Waals surface area contributed by atoms with E-state index in [1.807, 2.05) is 170 Å². The molecule has 0 fully saturated rings. The molecule has 8 aromatic rings. The lowest BCUT2D eigenvalue weighted by atomic mass is 9.88. The fraction of sp³-hybridized carbons (Fsp3) is 0.0323. The SMILES string of the molecule is Cc1ccc(C2=C(c3ccccc3)C(=O)C(c3ccccc3)=C2c2ccc(C#Cc3ccc(C4=C(c5ccccc5)C(=O)C(c5ccccc5)=C4c4ccc(C(F)(F)F)cc4)cc3)cc2)cc1. The predicted octanol–water partition coefficient (Wildman–Crippen LogP) is 14.6. The van der Waals surface area contributed by atoms with E-state index in [4.69, 9.17) is 0 Å². The van der Waals surface area contributed by atoms with Crippen molar-refractivity contribution in [3.8, 4) is 11.8 Å². The Bertz CT molecular complexity index is 3380. The number of ketones is 2. The average Bonchev–Trinajstić information content (AvgIpc) is 3.85. The van der Waals surface area contributed by atoms with Crippen LogP contribution in [0.4, 0.5) is 13.2 Å². The minimum Gasteiger partial charge on any atom is -0.289 e. The maximum atomic E-state index is 14.7. The lowest BCUT2D eigenvalue weighted by Crippen LogP contribution is -2.04. The van der Waals surface area contributed by atoms with Crippen LogP contribution in [0.5, 0.6) is 0 Å². The van der Waals surface area contributed by atoms with Crippen LogP contribution < -0.4 is 0 Å². The van der Waals surface area contributed by atoms with E-state index in [2.05, 4.69) is 43.0 Å². The normalized spacial score (nSPS) is 14.0. The summed E-state index contributed by atoms with van der Waals surface area (Å²) in [6.07, 6.45) is -4.51. The molecule has 0 aromatic heterocycles. The molecule has 8 aromatic carbocycles. The van der Waals surface area contributed by atoms with Crippen LogP contribution in [0, 0.1) is 18.8 Å². The summed E-state index contributed by atoms with van der Waals surface area (Å²) in [5, 5.41) is 0. The smallest absolute Gasteiger partial charge is 0.289 e. The molecule has 0 atom stereocenters. The molecule has 2 nitrogen and oxygen atoms in total. The highest BCUT2D eigenvalue weighted by Gasteiger charge is 2.37. The van der Waals surface area contributed by atoms with Crippen molar-refractivity contribution in [2.75, 3.05) is 0 Å². The van der Waals surface area contributed by atoms with Gasteiger partial charge in [0.2, 0.25) is 0 Å². The Labute approximate surface area is 387 Å². The molecule has 5 heteroatoms. The van der Waals surface area contributed by atoms with Crippen LogP contribution >= 0.6 is 0 Å². The fourth-order valence-electron chi connectivity index (χ4n) is 9.01. The number of benzene rings is 8. The molecule has 0 aliphatic heterocycles. The minimum atomic E-state index is -4.51. The summed E-state index contributed by atoms with van der Waals surface area (Å²) in [7, 11) is 0. The van der Waals surface area contributed by atoms with Crippen LogP contribution in [0.1, 0.15) is 66.8 Å². The predicted molar refractivity (Wildman–Crippen MR) is 265 cm³/mol. The van der Waals surface area contributed by atoms with Crippen LogP contribution in [0.25, 0.3) is 44.6 Å². The topological polar surface area (TPSA) is 34.1 Å². The first-order valence-electron chi connectivity index (χ1n) is 21.9. The number of aryl methyl sites for hydroxylation is 1. The van der Waals surface area contributed by atoms with Gasteiger partial charge in [-0.3, -0.25) is 9.59 Å². The summed E-state index contributed by atoms with van der Waals surface area (Å²) in [5.41, 5.74) is 13.2. The first kappa shape index (κ1) is 42.4. The van der Waals surface area contributed by atoms with Crippen molar-refractivity contribution in [1.29, 1.82) is 0 Å². The molecule has 67 heavy (non-hydrogen) atoms. The maximum Gasteiger partial charge on any atom is 0.416 e. The molecular formula is C62H39F3O2. The Kier molecular flexibility index (Phi) is 11.2. The second-order valence-electron chi connectivity index (χ2n) is 16.5. The molecule has 0 radical (unpaired) electrons. The number of rotatable bonds is 8. The van der Waals surface area contributed by atoms with Crippen molar-refractivity contribution < 1.29 is 22.8 Å². The Hall–Kier alpha value is -8.59. The highest BCUT2D eigenvalue weighted by molar-refractivity contribution is 6.60. The molecule has 0 saturated carbocycles. The first-order valence-corrected chi connectivity index (χ1v) is 21.9.